The number of rotatable bonds is 2. The third-order valence-corrected chi connectivity index (χ3v) is 3.01. The molecule has 0 fully saturated rings. The fourth-order valence-electron chi connectivity index (χ4n) is 1.67. The van der Waals surface area contributed by atoms with Crippen molar-refractivity contribution in [3.63, 3.8) is 0 Å². The number of halogens is 1. The Labute approximate surface area is 111 Å². The predicted molar refractivity (Wildman–Crippen MR) is 70.6 cm³/mol. The van der Waals surface area contributed by atoms with Crippen LogP contribution in [-0.2, 0) is 0 Å². The molecule has 0 saturated carbocycles. The quantitative estimate of drug-likeness (QED) is 0.783. The van der Waals surface area contributed by atoms with Crippen molar-refractivity contribution < 1.29 is 0 Å². The standard InChI is InChI=1S/C11H9BrN6/c12-10-7-11(13)15-18(10)9-3-1-2-8(6-9)17-5-4-14-16-17/h1-7H,(H2,13,15). The van der Waals surface area contributed by atoms with Gasteiger partial charge in [-0.15, -0.1) is 10.2 Å². The fourth-order valence-corrected chi connectivity index (χ4v) is 2.19. The first-order valence-corrected chi connectivity index (χ1v) is 6.01. The molecule has 0 aliphatic rings. The van der Waals surface area contributed by atoms with Gasteiger partial charge in [0.25, 0.3) is 0 Å². The molecule has 7 heteroatoms. The Morgan fingerprint density at radius 1 is 1.17 bits per heavy atom. The smallest absolute Gasteiger partial charge is 0.147 e. The molecule has 0 unspecified atom stereocenters. The van der Waals surface area contributed by atoms with Gasteiger partial charge in [0.1, 0.15) is 10.4 Å². The van der Waals surface area contributed by atoms with Gasteiger partial charge in [0.05, 0.1) is 23.8 Å². The van der Waals surface area contributed by atoms with E-state index in [0.29, 0.717) is 5.82 Å². The van der Waals surface area contributed by atoms with E-state index in [0.717, 1.165) is 16.0 Å². The molecule has 0 spiro atoms. The fraction of sp³-hybridized carbons (Fsp3) is 0. The maximum atomic E-state index is 5.66. The summed E-state index contributed by atoms with van der Waals surface area (Å²) >= 11 is 3.41. The van der Waals surface area contributed by atoms with Gasteiger partial charge in [-0.1, -0.05) is 11.3 Å². The van der Waals surface area contributed by atoms with Gasteiger partial charge in [0, 0.05) is 6.07 Å². The van der Waals surface area contributed by atoms with Crippen molar-refractivity contribution >= 4 is 21.7 Å². The van der Waals surface area contributed by atoms with Crippen LogP contribution in [0.4, 0.5) is 5.82 Å². The summed E-state index contributed by atoms with van der Waals surface area (Å²) in [4.78, 5) is 0. The van der Waals surface area contributed by atoms with Gasteiger partial charge in [-0.25, -0.2) is 9.36 Å². The van der Waals surface area contributed by atoms with Crippen molar-refractivity contribution in [2.24, 2.45) is 0 Å². The van der Waals surface area contributed by atoms with Crippen LogP contribution in [0.15, 0.2) is 47.3 Å². The van der Waals surface area contributed by atoms with Gasteiger partial charge >= 0.3 is 0 Å². The van der Waals surface area contributed by atoms with Crippen molar-refractivity contribution in [2.75, 3.05) is 5.73 Å². The van der Waals surface area contributed by atoms with Crippen molar-refractivity contribution in [1.29, 1.82) is 0 Å². The number of anilines is 1. The summed E-state index contributed by atoms with van der Waals surface area (Å²) in [5.74, 6) is 0.466. The van der Waals surface area contributed by atoms with E-state index in [1.165, 1.54) is 0 Å². The van der Waals surface area contributed by atoms with Crippen LogP contribution < -0.4 is 5.73 Å². The Morgan fingerprint density at radius 3 is 2.67 bits per heavy atom. The molecule has 0 bridgehead atoms. The van der Waals surface area contributed by atoms with E-state index in [9.17, 15) is 0 Å². The predicted octanol–water partition coefficient (Wildman–Crippen LogP) is 1.80. The van der Waals surface area contributed by atoms with E-state index in [2.05, 4.69) is 31.3 Å². The summed E-state index contributed by atoms with van der Waals surface area (Å²) in [5.41, 5.74) is 7.46. The number of aromatic nitrogens is 5. The van der Waals surface area contributed by atoms with E-state index in [1.54, 1.807) is 27.8 Å². The van der Waals surface area contributed by atoms with Crippen molar-refractivity contribution in [2.45, 2.75) is 0 Å². The van der Waals surface area contributed by atoms with E-state index in [1.807, 2.05) is 24.3 Å². The second kappa shape index (κ2) is 4.26. The molecule has 0 amide bonds. The first-order chi connectivity index (χ1) is 8.74. The van der Waals surface area contributed by atoms with Crippen molar-refractivity contribution in [1.82, 2.24) is 24.8 Å². The minimum absolute atomic E-state index is 0.466. The van der Waals surface area contributed by atoms with Crippen LogP contribution in [0.2, 0.25) is 0 Å². The average molecular weight is 305 g/mol. The molecule has 3 aromatic rings. The molecule has 18 heavy (non-hydrogen) atoms. The minimum atomic E-state index is 0.466. The second-order valence-electron chi connectivity index (χ2n) is 3.67. The van der Waals surface area contributed by atoms with Crippen LogP contribution in [-0.4, -0.2) is 24.8 Å². The highest BCUT2D eigenvalue weighted by Gasteiger charge is 2.06. The molecule has 0 saturated heterocycles. The summed E-state index contributed by atoms with van der Waals surface area (Å²) in [7, 11) is 0. The SMILES string of the molecule is Nc1cc(Br)n(-c2cccc(-n3ccnn3)c2)n1. The van der Waals surface area contributed by atoms with Crippen LogP contribution in [0.25, 0.3) is 11.4 Å². The lowest BCUT2D eigenvalue weighted by Gasteiger charge is -2.06. The van der Waals surface area contributed by atoms with Gasteiger partial charge in [0.2, 0.25) is 0 Å². The highest BCUT2D eigenvalue weighted by Crippen LogP contribution is 2.20. The summed E-state index contributed by atoms with van der Waals surface area (Å²) in [6, 6.07) is 9.52. The van der Waals surface area contributed by atoms with Crippen LogP contribution in [0.5, 0.6) is 0 Å². The third kappa shape index (κ3) is 1.88. The molecular formula is C11H9BrN6. The van der Waals surface area contributed by atoms with Gasteiger partial charge in [-0.05, 0) is 34.1 Å². The number of nitrogens with zero attached hydrogens (tertiary/aromatic N) is 5. The monoisotopic (exact) mass is 304 g/mol. The molecule has 0 atom stereocenters. The number of benzene rings is 1. The Morgan fingerprint density at radius 2 is 2.00 bits per heavy atom. The van der Waals surface area contributed by atoms with Crippen LogP contribution in [0.3, 0.4) is 0 Å². The highest BCUT2D eigenvalue weighted by molar-refractivity contribution is 9.10. The van der Waals surface area contributed by atoms with Gasteiger partial charge in [0.15, 0.2) is 0 Å². The summed E-state index contributed by atoms with van der Waals surface area (Å²) in [6.07, 6.45) is 3.42. The van der Waals surface area contributed by atoms with E-state index < -0.39 is 0 Å². The maximum Gasteiger partial charge on any atom is 0.147 e. The molecule has 2 N–H and O–H groups in total. The zero-order chi connectivity index (χ0) is 12.5. The average Bonchev–Trinajstić information content (AvgIpc) is 2.99. The second-order valence-corrected chi connectivity index (χ2v) is 4.48. The summed E-state index contributed by atoms with van der Waals surface area (Å²) in [5, 5.41) is 11.9. The number of hydrogen-bond donors (Lipinski definition) is 1. The summed E-state index contributed by atoms with van der Waals surface area (Å²) < 4.78 is 4.20. The molecule has 0 aliphatic carbocycles. The first-order valence-electron chi connectivity index (χ1n) is 5.22. The number of hydrogen-bond acceptors (Lipinski definition) is 4. The van der Waals surface area contributed by atoms with Crippen LogP contribution in [0, 0.1) is 0 Å². The van der Waals surface area contributed by atoms with Crippen LogP contribution in [0.1, 0.15) is 0 Å². The summed E-state index contributed by atoms with van der Waals surface area (Å²) in [6.45, 7) is 0. The molecule has 0 radical (unpaired) electrons. The topological polar surface area (TPSA) is 74.5 Å². The lowest BCUT2D eigenvalue weighted by atomic mass is 10.3. The highest BCUT2D eigenvalue weighted by atomic mass is 79.9. The lowest BCUT2D eigenvalue weighted by molar-refractivity contribution is 0.798. The Kier molecular flexibility index (Phi) is 2.60. The molecular weight excluding hydrogens is 296 g/mol. The number of nitrogens with two attached hydrogens (primary N) is 1. The molecule has 3 rings (SSSR count). The number of nitrogen functional groups attached to an aromatic ring is 1. The maximum absolute atomic E-state index is 5.66. The molecule has 0 aliphatic heterocycles. The zero-order valence-corrected chi connectivity index (χ0v) is 10.8. The molecule has 2 aromatic heterocycles. The Balaban J connectivity index is 2.09. The zero-order valence-electron chi connectivity index (χ0n) is 9.23. The van der Waals surface area contributed by atoms with Gasteiger partial charge < -0.3 is 5.73 Å². The molecule has 2 heterocycles. The molecule has 1 aromatic carbocycles. The van der Waals surface area contributed by atoms with Crippen LogP contribution >= 0.6 is 15.9 Å². The Hall–Kier alpha value is -2.15. The first kappa shape index (κ1) is 11.0. The largest absolute Gasteiger partial charge is 0.382 e. The van der Waals surface area contributed by atoms with E-state index in [-0.39, 0.29) is 0 Å². The molecule has 6 nitrogen and oxygen atoms in total. The van der Waals surface area contributed by atoms with E-state index in [4.69, 9.17) is 5.73 Å². The normalized spacial score (nSPS) is 10.7. The van der Waals surface area contributed by atoms with Crippen molar-refractivity contribution in [3.8, 4) is 11.4 Å². The minimum Gasteiger partial charge on any atom is -0.382 e. The molecule has 90 valence electrons. The third-order valence-electron chi connectivity index (χ3n) is 2.45. The van der Waals surface area contributed by atoms with Crippen molar-refractivity contribution in [3.05, 3.63) is 47.3 Å². The van der Waals surface area contributed by atoms with Gasteiger partial charge in [-0.3, -0.25) is 0 Å². The van der Waals surface area contributed by atoms with E-state index >= 15 is 0 Å². The Bertz CT molecular complexity index is 673. The van der Waals surface area contributed by atoms with Gasteiger partial charge in [-0.2, -0.15) is 0 Å². The lowest BCUT2D eigenvalue weighted by Crippen LogP contribution is -2.01.